The molecule has 1 nitrogen and oxygen atoms in total. The monoisotopic (exact) mass is 303 g/mol. The van der Waals surface area contributed by atoms with Gasteiger partial charge in [-0.15, -0.1) is 0 Å². The number of aliphatic imine (C=N–C) groups is 1. The molecule has 0 N–H and O–H groups in total. The third kappa shape index (κ3) is 4.29. The second-order valence-electron chi connectivity index (χ2n) is 6.03. The van der Waals surface area contributed by atoms with Gasteiger partial charge in [-0.3, -0.25) is 4.99 Å². The summed E-state index contributed by atoms with van der Waals surface area (Å²) in [7, 11) is 0. The van der Waals surface area contributed by atoms with Gasteiger partial charge in [0, 0.05) is 11.4 Å². The van der Waals surface area contributed by atoms with Crippen molar-refractivity contribution in [3.63, 3.8) is 0 Å². The molecule has 2 aromatic carbocycles. The fraction of sp³-hybridized carbons (Fsp3) is 0.227. The zero-order valence-electron chi connectivity index (χ0n) is 14.4. The SMILES string of the molecule is C=N/C=c1/cc(-c2cc(C)ccc2C)cc/c1=C/C(=C)CCC. The number of aryl methyl sites for hydroxylation is 2. The summed E-state index contributed by atoms with van der Waals surface area (Å²) in [5, 5.41) is 2.22. The predicted molar refractivity (Wildman–Crippen MR) is 103 cm³/mol. The van der Waals surface area contributed by atoms with Crippen LogP contribution in [0.1, 0.15) is 30.9 Å². The molecule has 1 heteroatoms. The highest BCUT2D eigenvalue weighted by atomic mass is 14.6. The third-order valence-electron chi connectivity index (χ3n) is 3.95. The first kappa shape index (κ1) is 17.0. The molecule has 0 amide bonds. The number of benzene rings is 2. The lowest BCUT2D eigenvalue weighted by atomic mass is 9.97. The molecule has 0 radical (unpaired) electrons. The number of hydrogen-bond donors (Lipinski definition) is 0. The number of hydrogen-bond acceptors (Lipinski definition) is 1. The van der Waals surface area contributed by atoms with E-state index in [2.05, 4.69) is 81.5 Å². The number of allylic oxidation sites excluding steroid dienone is 1. The lowest BCUT2D eigenvalue weighted by Crippen LogP contribution is -2.24. The van der Waals surface area contributed by atoms with Crippen LogP contribution >= 0.6 is 0 Å². The number of nitrogens with zero attached hydrogens (tertiary/aromatic N) is 1. The van der Waals surface area contributed by atoms with Crippen molar-refractivity contribution in [3.05, 3.63) is 70.1 Å². The van der Waals surface area contributed by atoms with Gasteiger partial charge >= 0.3 is 0 Å². The van der Waals surface area contributed by atoms with Gasteiger partial charge in [0.25, 0.3) is 0 Å². The van der Waals surface area contributed by atoms with Crippen LogP contribution in [0.15, 0.2) is 53.5 Å². The molecule has 0 atom stereocenters. The molecule has 118 valence electrons. The molecule has 0 aliphatic carbocycles. The Morgan fingerprint density at radius 1 is 1.09 bits per heavy atom. The van der Waals surface area contributed by atoms with Gasteiger partial charge in [-0.05, 0) is 55.0 Å². The second kappa shape index (κ2) is 7.73. The smallest absolute Gasteiger partial charge is 0.0339 e. The second-order valence-corrected chi connectivity index (χ2v) is 6.03. The van der Waals surface area contributed by atoms with Gasteiger partial charge in [0.2, 0.25) is 0 Å². The molecule has 0 spiro atoms. The van der Waals surface area contributed by atoms with Gasteiger partial charge < -0.3 is 0 Å². The van der Waals surface area contributed by atoms with Gasteiger partial charge in [0.15, 0.2) is 0 Å². The van der Waals surface area contributed by atoms with Gasteiger partial charge in [-0.2, -0.15) is 0 Å². The van der Waals surface area contributed by atoms with Crippen molar-refractivity contribution < 1.29 is 0 Å². The Morgan fingerprint density at radius 3 is 2.57 bits per heavy atom. The summed E-state index contributed by atoms with van der Waals surface area (Å²) < 4.78 is 0. The van der Waals surface area contributed by atoms with Crippen molar-refractivity contribution in [1.29, 1.82) is 0 Å². The van der Waals surface area contributed by atoms with Crippen molar-refractivity contribution in [1.82, 2.24) is 0 Å². The highest BCUT2D eigenvalue weighted by molar-refractivity contribution is 5.68. The minimum atomic E-state index is 1.01. The molecular weight excluding hydrogens is 278 g/mol. The van der Waals surface area contributed by atoms with E-state index in [1.54, 1.807) is 0 Å². The van der Waals surface area contributed by atoms with Crippen molar-refractivity contribution >= 4 is 19.0 Å². The molecule has 0 unspecified atom stereocenters. The summed E-state index contributed by atoms with van der Waals surface area (Å²) in [4.78, 5) is 3.97. The lowest BCUT2D eigenvalue weighted by Gasteiger charge is -2.08. The van der Waals surface area contributed by atoms with Crippen LogP contribution < -0.4 is 10.4 Å². The topological polar surface area (TPSA) is 12.4 Å². The van der Waals surface area contributed by atoms with E-state index in [4.69, 9.17) is 0 Å². The average Bonchev–Trinajstić information content (AvgIpc) is 2.52. The number of rotatable bonds is 5. The Hall–Kier alpha value is -2.41. The molecule has 0 aliphatic heterocycles. The van der Waals surface area contributed by atoms with E-state index in [-0.39, 0.29) is 0 Å². The van der Waals surface area contributed by atoms with Crippen LogP contribution in [0.4, 0.5) is 0 Å². The van der Waals surface area contributed by atoms with E-state index < -0.39 is 0 Å². The zero-order valence-corrected chi connectivity index (χ0v) is 14.4. The first-order chi connectivity index (χ1) is 11.0. The maximum Gasteiger partial charge on any atom is 0.0339 e. The summed E-state index contributed by atoms with van der Waals surface area (Å²) in [5.74, 6) is 0. The fourth-order valence-corrected chi connectivity index (χ4v) is 2.74. The van der Waals surface area contributed by atoms with E-state index >= 15 is 0 Å². The van der Waals surface area contributed by atoms with Gasteiger partial charge in [0.05, 0.1) is 0 Å². The van der Waals surface area contributed by atoms with Crippen LogP contribution in [0, 0.1) is 13.8 Å². The van der Waals surface area contributed by atoms with E-state index in [1.165, 1.54) is 22.3 Å². The maximum atomic E-state index is 4.13. The van der Waals surface area contributed by atoms with Crippen molar-refractivity contribution in [3.8, 4) is 11.1 Å². The summed E-state index contributed by atoms with van der Waals surface area (Å²) in [6.45, 7) is 14.2. The lowest BCUT2D eigenvalue weighted by molar-refractivity contribution is 0.938. The first-order valence-electron chi connectivity index (χ1n) is 8.08. The molecule has 0 aromatic heterocycles. The van der Waals surface area contributed by atoms with Crippen molar-refractivity contribution in [2.75, 3.05) is 0 Å². The Bertz CT molecular complexity index is 841. The van der Waals surface area contributed by atoms with Crippen LogP contribution in [0.5, 0.6) is 0 Å². The third-order valence-corrected chi connectivity index (χ3v) is 3.95. The van der Waals surface area contributed by atoms with Crippen LogP contribution in [0.2, 0.25) is 0 Å². The van der Waals surface area contributed by atoms with Crippen molar-refractivity contribution in [2.24, 2.45) is 4.99 Å². The molecule has 2 rings (SSSR count). The Kier molecular flexibility index (Phi) is 5.70. The molecule has 0 saturated carbocycles. The van der Waals surface area contributed by atoms with E-state index in [0.29, 0.717) is 0 Å². The predicted octanol–water partition coefficient (Wildman–Crippen LogP) is 4.55. The van der Waals surface area contributed by atoms with Crippen LogP contribution in [0.25, 0.3) is 23.4 Å². The standard InChI is InChI=1S/C22H25N/c1-6-7-16(2)12-19-10-11-20(14-21(19)15-23-5)22-13-17(3)8-9-18(22)4/h8-15H,2,5-7H2,1,3-4H3/b19-12-,21-15-. The van der Waals surface area contributed by atoms with Crippen LogP contribution in [0.3, 0.4) is 0 Å². The fourth-order valence-electron chi connectivity index (χ4n) is 2.74. The first-order valence-corrected chi connectivity index (χ1v) is 8.08. The molecule has 0 saturated heterocycles. The largest absolute Gasteiger partial charge is 0.272 e. The minimum Gasteiger partial charge on any atom is -0.272 e. The van der Waals surface area contributed by atoms with E-state index in [0.717, 1.165) is 28.9 Å². The molecule has 0 fully saturated rings. The van der Waals surface area contributed by atoms with Gasteiger partial charge in [0.1, 0.15) is 0 Å². The summed E-state index contributed by atoms with van der Waals surface area (Å²) in [6, 6.07) is 13.1. The van der Waals surface area contributed by atoms with Gasteiger partial charge in [-0.1, -0.05) is 67.5 Å². The quantitative estimate of drug-likeness (QED) is 0.719. The molecule has 0 bridgehead atoms. The zero-order chi connectivity index (χ0) is 16.8. The average molecular weight is 303 g/mol. The normalized spacial score (nSPS) is 12.5. The van der Waals surface area contributed by atoms with Crippen LogP contribution in [-0.4, -0.2) is 6.72 Å². The van der Waals surface area contributed by atoms with E-state index in [9.17, 15) is 0 Å². The van der Waals surface area contributed by atoms with Crippen molar-refractivity contribution in [2.45, 2.75) is 33.6 Å². The maximum absolute atomic E-state index is 4.13. The van der Waals surface area contributed by atoms with Gasteiger partial charge in [-0.25, -0.2) is 0 Å². The Morgan fingerprint density at radius 2 is 1.87 bits per heavy atom. The minimum absolute atomic E-state index is 1.01. The Labute approximate surface area is 139 Å². The molecule has 0 heterocycles. The highest BCUT2D eigenvalue weighted by Crippen LogP contribution is 2.22. The molecule has 23 heavy (non-hydrogen) atoms. The highest BCUT2D eigenvalue weighted by Gasteiger charge is 2.02. The molecular formula is C22H25N. The van der Waals surface area contributed by atoms with Crippen LogP contribution in [-0.2, 0) is 0 Å². The molecule has 0 aliphatic rings. The molecule has 2 aromatic rings. The summed E-state index contributed by atoms with van der Waals surface area (Å²) >= 11 is 0. The summed E-state index contributed by atoms with van der Waals surface area (Å²) in [5.41, 5.74) is 6.16. The Balaban J connectivity index is 2.61. The van der Waals surface area contributed by atoms with E-state index in [1.807, 2.05) is 6.20 Å². The summed E-state index contributed by atoms with van der Waals surface area (Å²) in [6.07, 6.45) is 6.08.